The van der Waals surface area contributed by atoms with Crippen LogP contribution in [0.4, 0.5) is 11.4 Å². The van der Waals surface area contributed by atoms with Gasteiger partial charge in [-0.05, 0) is 18.9 Å². The first-order chi connectivity index (χ1) is 10.1. The molecule has 0 radical (unpaired) electrons. The van der Waals surface area contributed by atoms with Gasteiger partial charge in [-0.3, -0.25) is 19.7 Å². The molecule has 0 bridgehead atoms. The molecule has 1 aliphatic carbocycles. The second kappa shape index (κ2) is 6.83. The van der Waals surface area contributed by atoms with Gasteiger partial charge < -0.3 is 10.1 Å². The van der Waals surface area contributed by atoms with E-state index in [1.54, 1.807) is 6.07 Å². The minimum Gasteiger partial charge on any atom is -0.455 e. The van der Waals surface area contributed by atoms with E-state index in [2.05, 4.69) is 5.32 Å². The lowest BCUT2D eigenvalue weighted by Gasteiger charge is -2.10. The van der Waals surface area contributed by atoms with Gasteiger partial charge in [0.05, 0.1) is 10.8 Å². The van der Waals surface area contributed by atoms with Crippen LogP contribution in [0, 0.1) is 16.0 Å². The van der Waals surface area contributed by atoms with E-state index < -0.39 is 17.4 Å². The van der Waals surface area contributed by atoms with E-state index >= 15 is 0 Å². The summed E-state index contributed by atoms with van der Waals surface area (Å²) in [4.78, 5) is 33.6. The number of rotatable bonds is 5. The quantitative estimate of drug-likeness (QED) is 0.510. The van der Waals surface area contributed by atoms with Crippen molar-refractivity contribution in [2.75, 3.05) is 11.9 Å². The summed E-state index contributed by atoms with van der Waals surface area (Å²) in [6.07, 6.45) is 3.60. The van der Waals surface area contributed by atoms with Crippen molar-refractivity contribution in [2.24, 2.45) is 5.92 Å². The third kappa shape index (κ3) is 4.01. The Hall–Kier alpha value is -2.44. The van der Waals surface area contributed by atoms with Crippen LogP contribution in [0.25, 0.3) is 0 Å². The molecular weight excluding hydrogens is 276 g/mol. The second-order valence-corrected chi connectivity index (χ2v) is 4.91. The molecule has 112 valence electrons. The Bertz CT molecular complexity index is 552. The van der Waals surface area contributed by atoms with Gasteiger partial charge in [-0.25, -0.2) is 0 Å². The summed E-state index contributed by atoms with van der Waals surface area (Å²) in [5.41, 5.74) is -0.114. The van der Waals surface area contributed by atoms with Crippen LogP contribution in [0.1, 0.15) is 25.7 Å². The SMILES string of the molecule is O=C(COC(=O)C1CCCC1)Nc1ccccc1[N+](=O)[O-]. The molecule has 0 atom stereocenters. The fourth-order valence-corrected chi connectivity index (χ4v) is 2.34. The Morgan fingerprint density at radius 3 is 2.62 bits per heavy atom. The fourth-order valence-electron chi connectivity index (χ4n) is 2.34. The normalized spacial score (nSPS) is 14.7. The van der Waals surface area contributed by atoms with E-state index in [0.717, 1.165) is 25.7 Å². The summed E-state index contributed by atoms with van der Waals surface area (Å²) in [6, 6.07) is 5.80. The van der Waals surface area contributed by atoms with E-state index in [0.29, 0.717) is 0 Å². The topological polar surface area (TPSA) is 98.5 Å². The first kappa shape index (κ1) is 15.0. The summed E-state index contributed by atoms with van der Waals surface area (Å²) >= 11 is 0. The number of carbonyl (C=O) groups is 2. The summed E-state index contributed by atoms with van der Waals surface area (Å²) in [7, 11) is 0. The summed E-state index contributed by atoms with van der Waals surface area (Å²) in [6.45, 7) is -0.429. The number of ether oxygens (including phenoxy) is 1. The second-order valence-electron chi connectivity index (χ2n) is 4.91. The molecular formula is C14H16N2O5. The standard InChI is InChI=1S/C14H16N2O5/c17-13(9-21-14(18)10-5-1-2-6-10)15-11-7-3-4-8-12(11)16(19)20/h3-4,7-8,10H,1-2,5-6,9H2,(H,15,17). The number of benzene rings is 1. The first-order valence-electron chi connectivity index (χ1n) is 6.78. The molecule has 21 heavy (non-hydrogen) atoms. The number of hydrogen-bond donors (Lipinski definition) is 1. The molecule has 0 aliphatic heterocycles. The van der Waals surface area contributed by atoms with E-state index in [1.165, 1.54) is 18.2 Å². The smallest absolute Gasteiger partial charge is 0.309 e. The van der Waals surface area contributed by atoms with Crippen molar-refractivity contribution in [3.63, 3.8) is 0 Å². The minimum atomic E-state index is -0.587. The number of nitrogens with zero attached hydrogens (tertiary/aromatic N) is 1. The van der Waals surface area contributed by atoms with Gasteiger partial charge in [0.1, 0.15) is 5.69 Å². The predicted octanol–water partition coefficient (Wildman–Crippen LogP) is 2.27. The minimum absolute atomic E-state index is 0.0874. The van der Waals surface area contributed by atoms with Crippen LogP contribution >= 0.6 is 0 Å². The molecule has 1 aromatic rings. The largest absolute Gasteiger partial charge is 0.455 e. The van der Waals surface area contributed by atoms with Crippen LogP contribution in [-0.4, -0.2) is 23.4 Å². The maximum atomic E-state index is 11.7. The van der Waals surface area contributed by atoms with Crippen molar-refractivity contribution in [1.29, 1.82) is 0 Å². The van der Waals surface area contributed by atoms with E-state index in [4.69, 9.17) is 4.74 Å². The molecule has 1 N–H and O–H groups in total. The van der Waals surface area contributed by atoms with E-state index in [9.17, 15) is 19.7 Å². The Labute approximate surface area is 121 Å². The monoisotopic (exact) mass is 292 g/mol. The van der Waals surface area contributed by atoms with Crippen molar-refractivity contribution >= 4 is 23.3 Å². The van der Waals surface area contributed by atoms with Crippen molar-refractivity contribution in [1.82, 2.24) is 0 Å². The molecule has 1 aliphatic rings. The molecule has 1 aromatic carbocycles. The van der Waals surface area contributed by atoms with Gasteiger partial charge >= 0.3 is 5.97 Å². The third-order valence-corrected chi connectivity index (χ3v) is 3.41. The van der Waals surface area contributed by atoms with Gasteiger partial charge in [-0.15, -0.1) is 0 Å². The van der Waals surface area contributed by atoms with Crippen LogP contribution in [0.2, 0.25) is 0 Å². The van der Waals surface area contributed by atoms with Gasteiger partial charge in [0.2, 0.25) is 0 Å². The zero-order valence-electron chi connectivity index (χ0n) is 11.4. The Morgan fingerprint density at radius 1 is 1.29 bits per heavy atom. The zero-order chi connectivity index (χ0) is 15.2. The molecule has 0 unspecified atom stereocenters. The number of carbonyl (C=O) groups excluding carboxylic acids is 2. The number of hydrogen-bond acceptors (Lipinski definition) is 5. The Kier molecular flexibility index (Phi) is 4.86. The molecule has 0 spiro atoms. The molecule has 0 saturated heterocycles. The highest BCUT2D eigenvalue weighted by molar-refractivity contribution is 5.94. The van der Waals surface area contributed by atoms with Crippen molar-refractivity contribution in [2.45, 2.75) is 25.7 Å². The maximum absolute atomic E-state index is 11.7. The van der Waals surface area contributed by atoms with Crippen molar-refractivity contribution in [3.8, 4) is 0 Å². The van der Waals surface area contributed by atoms with Gasteiger partial charge in [-0.1, -0.05) is 25.0 Å². The first-order valence-corrected chi connectivity index (χ1v) is 6.78. The maximum Gasteiger partial charge on any atom is 0.309 e. The number of anilines is 1. The predicted molar refractivity (Wildman–Crippen MR) is 74.6 cm³/mol. The van der Waals surface area contributed by atoms with Crippen LogP contribution in [0.3, 0.4) is 0 Å². The van der Waals surface area contributed by atoms with Crippen molar-refractivity contribution in [3.05, 3.63) is 34.4 Å². The molecule has 0 aromatic heterocycles. The van der Waals surface area contributed by atoms with Gasteiger partial charge in [0.25, 0.3) is 11.6 Å². The Balaban J connectivity index is 1.87. The molecule has 1 fully saturated rings. The molecule has 0 heterocycles. The number of nitro groups is 1. The number of para-hydroxylation sites is 2. The number of esters is 1. The van der Waals surface area contributed by atoms with Gasteiger partial charge in [-0.2, -0.15) is 0 Å². The lowest BCUT2D eigenvalue weighted by Crippen LogP contribution is -2.24. The number of nitrogens with one attached hydrogen (secondary N) is 1. The summed E-state index contributed by atoms with van der Waals surface area (Å²) in [5.74, 6) is -1.08. The highest BCUT2D eigenvalue weighted by atomic mass is 16.6. The van der Waals surface area contributed by atoms with Gasteiger partial charge in [0.15, 0.2) is 6.61 Å². The van der Waals surface area contributed by atoms with Crippen LogP contribution in [0.5, 0.6) is 0 Å². The fraction of sp³-hybridized carbons (Fsp3) is 0.429. The lowest BCUT2D eigenvalue weighted by molar-refractivity contribution is -0.383. The molecule has 7 nitrogen and oxygen atoms in total. The zero-order valence-corrected chi connectivity index (χ0v) is 11.4. The van der Waals surface area contributed by atoms with E-state index in [-0.39, 0.29) is 23.3 Å². The summed E-state index contributed by atoms with van der Waals surface area (Å²) < 4.78 is 4.94. The number of nitro benzene ring substituents is 1. The van der Waals surface area contributed by atoms with E-state index in [1.807, 2.05) is 0 Å². The molecule has 1 amide bonds. The Morgan fingerprint density at radius 2 is 1.95 bits per heavy atom. The number of amides is 1. The molecule has 2 rings (SSSR count). The van der Waals surface area contributed by atoms with Crippen LogP contribution < -0.4 is 5.32 Å². The lowest BCUT2D eigenvalue weighted by atomic mass is 10.1. The molecule has 1 saturated carbocycles. The average Bonchev–Trinajstić information content (AvgIpc) is 2.99. The van der Waals surface area contributed by atoms with Crippen LogP contribution in [-0.2, 0) is 14.3 Å². The summed E-state index contributed by atoms with van der Waals surface area (Å²) in [5, 5.41) is 13.2. The average molecular weight is 292 g/mol. The third-order valence-electron chi connectivity index (χ3n) is 3.41. The van der Waals surface area contributed by atoms with Crippen LogP contribution in [0.15, 0.2) is 24.3 Å². The highest BCUT2D eigenvalue weighted by Crippen LogP contribution is 2.26. The molecule has 7 heteroatoms. The highest BCUT2D eigenvalue weighted by Gasteiger charge is 2.24. The van der Waals surface area contributed by atoms with Gasteiger partial charge in [0, 0.05) is 6.07 Å². The van der Waals surface area contributed by atoms with Crippen molar-refractivity contribution < 1.29 is 19.2 Å².